The lowest BCUT2D eigenvalue weighted by atomic mass is 10.2. The van der Waals surface area contributed by atoms with E-state index in [1.807, 2.05) is 36.2 Å². The second kappa shape index (κ2) is 5.43. The van der Waals surface area contributed by atoms with E-state index in [1.165, 1.54) is 6.07 Å². The molecule has 2 aromatic rings. The Bertz CT molecular complexity index is 580. The average Bonchev–Trinajstić information content (AvgIpc) is 2.87. The standard InChI is InChI=1S/C13H14N2O4/c1-15(11-5-3-4-6-12(11)18-2)8-9-7-10(13(16)17)14-19-9/h3-7H,8H2,1-2H3,(H,16,17). The predicted molar refractivity (Wildman–Crippen MR) is 68.6 cm³/mol. The summed E-state index contributed by atoms with van der Waals surface area (Å²) in [6.45, 7) is 0.403. The number of nitrogens with zero attached hydrogens (tertiary/aromatic N) is 2. The topological polar surface area (TPSA) is 75.8 Å². The van der Waals surface area contributed by atoms with Crippen molar-refractivity contribution in [1.29, 1.82) is 0 Å². The van der Waals surface area contributed by atoms with Crippen LogP contribution in [0, 0.1) is 0 Å². The maximum atomic E-state index is 10.7. The van der Waals surface area contributed by atoms with Gasteiger partial charge >= 0.3 is 5.97 Å². The summed E-state index contributed by atoms with van der Waals surface area (Å²) in [4.78, 5) is 12.6. The van der Waals surface area contributed by atoms with Gasteiger partial charge in [0.1, 0.15) is 5.75 Å². The number of aromatic nitrogens is 1. The number of aromatic carboxylic acids is 1. The lowest BCUT2D eigenvalue weighted by Gasteiger charge is -2.20. The second-order valence-corrected chi connectivity index (χ2v) is 4.01. The van der Waals surface area contributed by atoms with Crippen molar-refractivity contribution in [1.82, 2.24) is 5.16 Å². The molecule has 0 fully saturated rings. The number of ether oxygens (including phenoxy) is 1. The molecule has 0 saturated heterocycles. The molecule has 100 valence electrons. The van der Waals surface area contributed by atoms with Gasteiger partial charge in [-0.3, -0.25) is 0 Å². The molecule has 1 heterocycles. The minimum Gasteiger partial charge on any atom is -0.495 e. The van der Waals surface area contributed by atoms with Crippen molar-refractivity contribution >= 4 is 11.7 Å². The number of methoxy groups -OCH3 is 1. The first-order valence-corrected chi connectivity index (χ1v) is 5.65. The van der Waals surface area contributed by atoms with Gasteiger partial charge < -0.3 is 19.3 Å². The van der Waals surface area contributed by atoms with Crippen molar-refractivity contribution in [3.05, 3.63) is 41.8 Å². The molecule has 19 heavy (non-hydrogen) atoms. The minimum absolute atomic E-state index is 0.0940. The van der Waals surface area contributed by atoms with E-state index in [-0.39, 0.29) is 5.69 Å². The number of benzene rings is 1. The first kappa shape index (κ1) is 12.9. The number of carbonyl (C=O) groups is 1. The summed E-state index contributed by atoms with van der Waals surface area (Å²) >= 11 is 0. The van der Waals surface area contributed by atoms with E-state index >= 15 is 0 Å². The Labute approximate surface area is 110 Å². The number of carboxylic acids is 1. The summed E-state index contributed by atoms with van der Waals surface area (Å²) in [6.07, 6.45) is 0. The number of anilines is 1. The lowest BCUT2D eigenvalue weighted by molar-refractivity contribution is 0.0685. The third kappa shape index (κ3) is 2.85. The van der Waals surface area contributed by atoms with Crippen LogP contribution in [0.15, 0.2) is 34.9 Å². The van der Waals surface area contributed by atoms with Crippen LogP contribution < -0.4 is 9.64 Å². The highest BCUT2D eigenvalue weighted by molar-refractivity contribution is 5.85. The van der Waals surface area contributed by atoms with Crippen LogP contribution in [0.25, 0.3) is 0 Å². The molecule has 0 aliphatic rings. The van der Waals surface area contributed by atoms with E-state index < -0.39 is 5.97 Å². The van der Waals surface area contributed by atoms with Gasteiger partial charge in [-0.25, -0.2) is 4.79 Å². The Morgan fingerprint density at radius 3 is 2.84 bits per heavy atom. The van der Waals surface area contributed by atoms with Crippen molar-refractivity contribution < 1.29 is 19.2 Å². The maximum absolute atomic E-state index is 10.7. The zero-order valence-electron chi connectivity index (χ0n) is 10.7. The van der Waals surface area contributed by atoms with E-state index in [1.54, 1.807) is 7.11 Å². The van der Waals surface area contributed by atoms with Crippen molar-refractivity contribution in [2.45, 2.75) is 6.54 Å². The van der Waals surface area contributed by atoms with Gasteiger partial charge in [0.05, 0.1) is 19.3 Å². The fourth-order valence-electron chi connectivity index (χ4n) is 1.75. The van der Waals surface area contributed by atoms with Crippen LogP contribution >= 0.6 is 0 Å². The van der Waals surface area contributed by atoms with E-state index in [0.717, 1.165) is 11.4 Å². The average molecular weight is 262 g/mol. The fraction of sp³-hybridized carbons (Fsp3) is 0.231. The molecule has 1 aromatic heterocycles. The van der Waals surface area contributed by atoms with E-state index in [9.17, 15) is 4.79 Å². The van der Waals surface area contributed by atoms with Gasteiger partial charge in [0.2, 0.25) is 0 Å². The van der Waals surface area contributed by atoms with E-state index in [2.05, 4.69) is 5.16 Å². The number of hydrogen-bond acceptors (Lipinski definition) is 5. The molecule has 0 atom stereocenters. The molecule has 0 saturated carbocycles. The number of rotatable bonds is 5. The maximum Gasteiger partial charge on any atom is 0.358 e. The largest absolute Gasteiger partial charge is 0.495 e. The molecule has 0 aliphatic heterocycles. The van der Waals surface area contributed by atoms with Crippen molar-refractivity contribution in [3.63, 3.8) is 0 Å². The van der Waals surface area contributed by atoms with Crippen LogP contribution in [0.3, 0.4) is 0 Å². The quantitative estimate of drug-likeness (QED) is 0.888. The lowest BCUT2D eigenvalue weighted by Crippen LogP contribution is -2.16. The van der Waals surface area contributed by atoms with Gasteiger partial charge in [0.25, 0.3) is 0 Å². The van der Waals surface area contributed by atoms with Crippen molar-refractivity contribution in [3.8, 4) is 5.75 Å². The highest BCUT2D eigenvalue weighted by Crippen LogP contribution is 2.27. The molecule has 6 nitrogen and oxygen atoms in total. The van der Waals surface area contributed by atoms with Crippen LogP contribution in [0.5, 0.6) is 5.75 Å². The minimum atomic E-state index is -1.10. The summed E-state index contributed by atoms with van der Waals surface area (Å²) in [7, 11) is 3.46. The summed E-state index contributed by atoms with van der Waals surface area (Å²) in [6, 6.07) is 8.96. The Balaban J connectivity index is 2.15. The van der Waals surface area contributed by atoms with Crippen LogP contribution in [-0.4, -0.2) is 30.4 Å². The van der Waals surface area contributed by atoms with Gasteiger partial charge in [-0.05, 0) is 12.1 Å². The third-order valence-corrected chi connectivity index (χ3v) is 2.67. The molecule has 2 rings (SSSR count). The molecule has 6 heteroatoms. The zero-order valence-corrected chi connectivity index (χ0v) is 10.7. The first-order chi connectivity index (χ1) is 9.11. The smallest absolute Gasteiger partial charge is 0.358 e. The van der Waals surface area contributed by atoms with Crippen LogP contribution in [0.1, 0.15) is 16.2 Å². The number of para-hydroxylation sites is 2. The van der Waals surface area contributed by atoms with Gasteiger partial charge in [-0.15, -0.1) is 0 Å². The first-order valence-electron chi connectivity index (χ1n) is 5.65. The van der Waals surface area contributed by atoms with Gasteiger partial charge in [-0.1, -0.05) is 17.3 Å². The third-order valence-electron chi connectivity index (χ3n) is 2.67. The molecule has 0 bridgehead atoms. The number of carboxylic acid groups (broad SMARTS) is 1. The molecule has 1 N–H and O–H groups in total. The Morgan fingerprint density at radius 2 is 2.21 bits per heavy atom. The highest BCUT2D eigenvalue weighted by Gasteiger charge is 2.14. The van der Waals surface area contributed by atoms with Crippen LogP contribution in [0.4, 0.5) is 5.69 Å². The predicted octanol–water partition coefficient (Wildman–Crippen LogP) is 2.02. The molecule has 0 radical (unpaired) electrons. The van der Waals surface area contributed by atoms with Crippen molar-refractivity contribution in [2.75, 3.05) is 19.1 Å². The van der Waals surface area contributed by atoms with Crippen molar-refractivity contribution in [2.24, 2.45) is 0 Å². The molecule has 0 spiro atoms. The zero-order chi connectivity index (χ0) is 13.8. The van der Waals surface area contributed by atoms with Gasteiger partial charge in [-0.2, -0.15) is 0 Å². The summed E-state index contributed by atoms with van der Waals surface area (Å²) < 4.78 is 10.2. The monoisotopic (exact) mass is 262 g/mol. The van der Waals surface area contributed by atoms with Crippen LogP contribution in [0.2, 0.25) is 0 Å². The van der Waals surface area contributed by atoms with Crippen LogP contribution in [-0.2, 0) is 6.54 Å². The molecule has 0 amide bonds. The van der Waals surface area contributed by atoms with Gasteiger partial charge in [0, 0.05) is 13.1 Å². The summed E-state index contributed by atoms with van der Waals surface area (Å²) in [5.41, 5.74) is 0.793. The molecule has 0 unspecified atom stereocenters. The number of hydrogen-bond donors (Lipinski definition) is 1. The highest BCUT2D eigenvalue weighted by atomic mass is 16.5. The van der Waals surface area contributed by atoms with E-state index in [4.69, 9.17) is 14.4 Å². The summed E-state index contributed by atoms with van der Waals surface area (Å²) in [5.74, 6) is 0.115. The summed E-state index contributed by atoms with van der Waals surface area (Å²) in [5, 5.41) is 12.2. The molecule has 0 aliphatic carbocycles. The molecular weight excluding hydrogens is 248 g/mol. The Morgan fingerprint density at radius 1 is 1.47 bits per heavy atom. The molecular formula is C13H14N2O4. The normalized spacial score (nSPS) is 10.2. The SMILES string of the molecule is COc1ccccc1N(C)Cc1cc(C(=O)O)no1. The fourth-order valence-corrected chi connectivity index (χ4v) is 1.75. The Kier molecular flexibility index (Phi) is 3.70. The molecule has 1 aromatic carbocycles. The van der Waals surface area contributed by atoms with Gasteiger partial charge in [0.15, 0.2) is 11.5 Å². The van der Waals surface area contributed by atoms with E-state index in [0.29, 0.717) is 12.3 Å². The second-order valence-electron chi connectivity index (χ2n) is 4.01. The Hall–Kier alpha value is -2.50.